The van der Waals surface area contributed by atoms with Gasteiger partial charge in [-0.2, -0.15) is 0 Å². The van der Waals surface area contributed by atoms with Crippen molar-refractivity contribution in [3.05, 3.63) is 16.7 Å². The van der Waals surface area contributed by atoms with Gasteiger partial charge in [0.2, 0.25) is 10.0 Å². The fraction of sp³-hybridized carbons (Fsp3) is 0.615. The van der Waals surface area contributed by atoms with Gasteiger partial charge in [-0.25, -0.2) is 18.1 Å². The van der Waals surface area contributed by atoms with Gasteiger partial charge in [-0.15, -0.1) is 0 Å². The van der Waals surface area contributed by atoms with Crippen LogP contribution < -0.4 is 10.0 Å². The first kappa shape index (κ1) is 15.7. The summed E-state index contributed by atoms with van der Waals surface area (Å²) in [6.07, 6.45) is 7.48. The molecule has 0 radical (unpaired) electrons. The number of rotatable bonds is 6. The van der Waals surface area contributed by atoms with E-state index in [4.69, 9.17) is 0 Å². The molecule has 0 aromatic carbocycles. The van der Waals surface area contributed by atoms with Crippen LogP contribution in [0.15, 0.2) is 21.6 Å². The minimum atomic E-state index is -3.52. The Morgan fingerprint density at radius 3 is 2.75 bits per heavy atom. The van der Waals surface area contributed by atoms with Crippen LogP contribution in [0, 0.1) is 5.92 Å². The molecule has 20 heavy (non-hydrogen) atoms. The minimum absolute atomic E-state index is 0.181. The number of anilines is 1. The quantitative estimate of drug-likeness (QED) is 0.816. The average molecular weight is 362 g/mol. The van der Waals surface area contributed by atoms with E-state index in [1.165, 1.54) is 25.7 Å². The zero-order valence-corrected chi connectivity index (χ0v) is 13.9. The Bertz CT molecular complexity index is 557. The number of pyridine rings is 1. The molecule has 0 unspecified atom stereocenters. The van der Waals surface area contributed by atoms with Crippen molar-refractivity contribution < 1.29 is 8.42 Å². The molecule has 1 aliphatic rings. The minimum Gasteiger partial charge on any atom is -0.372 e. The molecule has 7 heteroatoms. The zero-order chi connectivity index (χ0) is 14.6. The normalized spacial score (nSPS) is 16.5. The van der Waals surface area contributed by atoms with Crippen LogP contribution in [-0.4, -0.2) is 27.0 Å². The SMILES string of the molecule is CNc1ncc(Br)cc1S(=O)(=O)NCCC1CCCC1. The maximum Gasteiger partial charge on any atom is 0.244 e. The lowest BCUT2D eigenvalue weighted by Gasteiger charge is -2.12. The second-order valence-electron chi connectivity index (χ2n) is 5.09. The van der Waals surface area contributed by atoms with Crippen molar-refractivity contribution in [1.29, 1.82) is 0 Å². The molecule has 1 aromatic heterocycles. The number of nitrogens with one attached hydrogen (secondary N) is 2. The Morgan fingerprint density at radius 1 is 1.40 bits per heavy atom. The largest absolute Gasteiger partial charge is 0.372 e. The van der Waals surface area contributed by atoms with Gasteiger partial charge in [0, 0.05) is 24.3 Å². The molecular weight excluding hydrogens is 342 g/mol. The van der Waals surface area contributed by atoms with E-state index in [0.29, 0.717) is 22.8 Å². The van der Waals surface area contributed by atoms with Crippen LogP contribution >= 0.6 is 15.9 Å². The predicted molar refractivity (Wildman–Crippen MR) is 83.2 cm³/mol. The summed E-state index contributed by atoms with van der Waals surface area (Å²) in [6.45, 7) is 0.489. The van der Waals surface area contributed by atoms with Crippen molar-refractivity contribution in [2.24, 2.45) is 5.92 Å². The first-order chi connectivity index (χ1) is 9.53. The number of aromatic nitrogens is 1. The van der Waals surface area contributed by atoms with Gasteiger partial charge in [-0.05, 0) is 34.3 Å². The summed E-state index contributed by atoms with van der Waals surface area (Å²) in [6, 6.07) is 1.57. The summed E-state index contributed by atoms with van der Waals surface area (Å²) in [5.41, 5.74) is 0. The smallest absolute Gasteiger partial charge is 0.244 e. The standard InChI is InChI=1S/C13H20BrN3O2S/c1-15-13-12(8-11(14)9-16-13)20(18,19)17-7-6-10-4-2-3-5-10/h8-10,17H,2-7H2,1H3,(H,15,16). The number of hydrogen-bond acceptors (Lipinski definition) is 4. The lowest BCUT2D eigenvalue weighted by atomic mass is 10.1. The van der Waals surface area contributed by atoms with E-state index in [0.717, 1.165) is 6.42 Å². The molecule has 2 N–H and O–H groups in total. The highest BCUT2D eigenvalue weighted by Gasteiger charge is 2.21. The number of halogens is 1. The van der Waals surface area contributed by atoms with Gasteiger partial charge in [-0.1, -0.05) is 25.7 Å². The maximum absolute atomic E-state index is 12.3. The summed E-state index contributed by atoms with van der Waals surface area (Å²) in [5, 5.41) is 2.81. The van der Waals surface area contributed by atoms with Crippen LogP contribution in [0.5, 0.6) is 0 Å². The second kappa shape index (κ2) is 6.87. The van der Waals surface area contributed by atoms with Crippen LogP contribution in [0.1, 0.15) is 32.1 Å². The molecule has 2 rings (SSSR count). The van der Waals surface area contributed by atoms with E-state index < -0.39 is 10.0 Å². The summed E-state index contributed by atoms with van der Waals surface area (Å²) in [7, 11) is -1.86. The van der Waals surface area contributed by atoms with Crippen molar-refractivity contribution >= 4 is 31.8 Å². The Balaban J connectivity index is 2.03. The van der Waals surface area contributed by atoms with Gasteiger partial charge >= 0.3 is 0 Å². The highest BCUT2D eigenvalue weighted by molar-refractivity contribution is 9.10. The number of nitrogens with zero attached hydrogens (tertiary/aromatic N) is 1. The molecule has 1 fully saturated rings. The van der Waals surface area contributed by atoms with E-state index in [1.807, 2.05) is 0 Å². The Labute approximate surface area is 128 Å². The third-order valence-electron chi connectivity index (χ3n) is 3.67. The molecule has 0 spiro atoms. The fourth-order valence-electron chi connectivity index (χ4n) is 2.59. The monoisotopic (exact) mass is 361 g/mol. The fourth-order valence-corrected chi connectivity index (χ4v) is 4.30. The molecule has 0 bridgehead atoms. The molecule has 0 amide bonds. The number of sulfonamides is 1. The Hall–Kier alpha value is -0.660. The summed E-state index contributed by atoms with van der Waals surface area (Å²) in [5.74, 6) is 1.03. The molecule has 1 saturated carbocycles. The van der Waals surface area contributed by atoms with E-state index in [2.05, 4.69) is 31.0 Å². The van der Waals surface area contributed by atoms with Crippen LogP contribution in [-0.2, 0) is 10.0 Å². The first-order valence-corrected chi connectivity index (χ1v) is 9.13. The highest BCUT2D eigenvalue weighted by Crippen LogP contribution is 2.27. The third kappa shape index (κ3) is 3.93. The molecule has 1 heterocycles. The summed E-state index contributed by atoms with van der Waals surface area (Å²) >= 11 is 3.26. The van der Waals surface area contributed by atoms with Crippen LogP contribution in [0.4, 0.5) is 5.82 Å². The molecule has 0 atom stereocenters. The van der Waals surface area contributed by atoms with Crippen molar-refractivity contribution in [1.82, 2.24) is 9.71 Å². The van der Waals surface area contributed by atoms with Crippen LogP contribution in [0.2, 0.25) is 0 Å². The van der Waals surface area contributed by atoms with Crippen molar-refractivity contribution in [3.8, 4) is 0 Å². The van der Waals surface area contributed by atoms with Gasteiger partial charge in [0.05, 0.1) is 0 Å². The molecule has 112 valence electrons. The second-order valence-corrected chi connectivity index (χ2v) is 7.74. The van der Waals surface area contributed by atoms with Crippen molar-refractivity contribution in [2.45, 2.75) is 37.0 Å². The summed E-state index contributed by atoms with van der Waals surface area (Å²) < 4.78 is 28.0. The van der Waals surface area contributed by atoms with E-state index in [9.17, 15) is 8.42 Å². The molecule has 1 aromatic rings. The van der Waals surface area contributed by atoms with Gasteiger partial charge in [-0.3, -0.25) is 0 Å². The molecule has 5 nitrogen and oxygen atoms in total. The third-order valence-corrected chi connectivity index (χ3v) is 5.57. The number of hydrogen-bond donors (Lipinski definition) is 2. The molecule has 1 aliphatic carbocycles. The van der Waals surface area contributed by atoms with Crippen molar-refractivity contribution in [2.75, 3.05) is 18.9 Å². The molecular formula is C13H20BrN3O2S. The summed E-state index contributed by atoms with van der Waals surface area (Å²) in [4.78, 5) is 4.25. The van der Waals surface area contributed by atoms with Gasteiger partial charge < -0.3 is 5.32 Å². The van der Waals surface area contributed by atoms with Gasteiger partial charge in [0.25, 0.3) is 0 Å². The van der Waals surface area contributed by atoms with Crippen LogP contribution in [0.3, 0.4) is 0 Å². The van der Waals surface area contributed by atoms with Gasteiger partial charge in [0.1, 0.15) is 10.7 Å². The first-order valence-electron chi connectivity index (χ1n) is 6.86. The Kier molecular flexibility index (Phi) is 5.40. The molecule has 0 aliphatic heterocycles. The van der Waals surface area contributed by atoms with E-state index >= 15 is 0 Å². The van der Waals surface area contributed by atoms with Crippen LogP contribution in [0.25, 0.3) is 0 Å². The maximum atomic E-state index is 12.3. The van der Waals surface area contributed by atoms with E-state index in [1.54, 1.807) is 19.3 Å². The average Bonchev–Trinajstić information content (AvgIpc) is 2.91. The predicted octanol–water partition coefficient (Wildman–Crippen LogP) is 2.74. The van der Waals surface area contributed by atoms with Crippen molar-refractivity contribution in [3.63, 3.8) is 0 Å². The Morgan fingerprint density at radius 2 is 2.10 bits per heavy atom. The highest BCUT2D eigenvalue weighted by atomic mass is 79.9. The van der Waals surface area contributed by atoms with Gasteiger partial charge in [0.15, 0.2) is 0 Å². The van der Waals surface area contributed by atoms with E-state index in [-0.39, 0.29) is 4.90 Å². The molecule has 0 saturated heterocycles. The lowest BCUT2D eigenvalue weighted by Crippen LogP contribution is -2.27. The lowest BCUT2D eigenvalue weighted by molar-refractivity contribution is 0.495. The zero-order valence-electron chi connectivity index (χ0n) is 11.5. The topological polar surface area (TPSA) is 71.1 Å².